The van der Waals surface area contributed by atoms with Gasteiger partial charge >= 0.3 is 0 Å². The van der Waals surface area contributed by atoms with Gasteiger partial charge in [0.1, 0.15) is 0 Å². The number of hydrogen-bond donors (Lipinski definition) is 2. The summed E-state index contributed by atoms with van der Waals surface area (Å²) in [6, 6.07) is 0. The van der Waals surface area contributed by atoms with Crippen molar-refractivity contribution in [2.45, 2.75) is 26.4 Å². The summed E-state index contributed by atoms with van der Waals surface area (Å²) in [5, 5.41) is 6.11. The monoisotopic (exact) mass is 268 g/mol. The third-order valence-electron chi connectivity index (χ3n) is 2.45. The van der Waals surface area contributed by atoms with E-state index in [-0.39, 0.29) is 5.60 Å². The molecule has 1 aromatic heterocycles. The Hall–Kier alpha value is -1.63. The van der Waals surface area contributed by atoms with Crippen molar-refractivity contribution in [3.8, 4) is 0 Å². The standard InChI is InChI=1S/C12H24N6O/c1-7-19-12(2,3)8-14-10-15-9(13-4)16-11(17-10)18(5)6/h7-8H2,1-6H3,(H2,13,14,15,16,17). The summed E-state index contributed by atoms with van der Waals surface area (Å²) in [5.41, 5.74) is -0.264. The largest absolute Gasteiger partial charge is 0.374 e. The lowest BCUT2D eigenvalue weighted by molar-refractivity contribution is 0.000581. The van der Waals surface area contributed by atoms with E-state index in [0.717, 1.165) is 0 Å². The highest BCUT2D eigenvalue weighted by Gasteiger charge is 2.18. The molecule has 108 valence electrons. The predicted molar refractivity (Wildman–Crippen MR) is 77.9 cm³/mol. The van der Waals surface area contributed by atoms with Crippen LogP contribution < -0.4 is 15.5 Å². The third kappa shape index (κ3) is 4.86. The van der Waals surface area contributed by atoms with Gasteiger partial charge in [0, 0.05) is 34.3 Å². The molecule has 0 saturated carbocycles. The summed E-state index contributed by atoms with van der Waals surface area (Å²) in [5.74, 6) is 1.68. The van der Waals surface area contributed by atoms with Gasteiger partial charge in [-0.1, -0.05) is 0 Å². The highest BCUT2D eigenvalue weighted by Crippen LogP contribution is 2.13. The first-order valence-corrected chi connectivity index (χ1v) is 6.37. The molecule has 0 amide bonds. The van der Waals surface area contributed by atoms with Crippen LogP contribution in [0.2, 0.25) is 0 Å². The molecular formula is C12H24N6O. The molecule has 0 atom stereocenters. The second-order valence-electron chi connectivity index (χ2n) is 4.97. The van der Waals surface area contributed by atoms with Crippen LogP contribution in [0.3, 0.4) is 0 Å². The predicted octanol–water partition coefficient (Wildman–Crippen LogP) is 1.21. The van der Waals surface area contributed by atoms with Gasteiger partial charge in [-0.05, 0) is 20.8 Å². The van der Waals surface area contributed by atoms with Gasteiger partial charge in [-0.3, -0.25) is 0 Å². The second kappa shape index (κ2) is 6.51. The second-order valence-corrected chi connectivity index (χ2v) is 4.97. The van der Waals surface area contributed by atoms with E-state index in [4.69, 9.17) is 4.74 Å². The molecule has 0 spiro atoms. The molecule has 1 rings (SSSR count). The van der Waals surface area contributed by atoms with E-state index in [2.05, 4.69) is 25.6 Å². The van der Waals surface area contributed by atoms with Gasteiger partial charge in [-0.15, -0.1) is 0 Å². The van der Waals surface area contributed by atoms with Crippen molar-refractivity contribution < 1.29 is 4.74 Å². The number of nitrogens with one attached hydrogen (secondary N) is 2. The van der Waals surface area contributed by atoms with E-state index in [1.54, 1.807) is 7.05 Å². The van der Waals surface area contributed by atoms with Crippen molar-refractivity contribution in [3.63, 3.8) is 0 Å². The fourth-order valence-corrected chi connectivity index (χ4v) is 1.49. The summed E-state index contributed by atoms with van der Waals surface area (Å²) >= 11 is 0. The summed E-state index contributed by atoms with van der Waals surface area (Å²) < 4.78 is 5.63. The Balaban J connectivity index is 2.80. The molecule has 0 aliphatic carbocycles. The molecule has 0 bridgehead atoms. The van der Waals surface area contributed by atoms with Crippen molar-refractivity contribution >= 4 is 17.8 Å². The van der Waals surface area contributed by atoms with E-state index in [0.29, 0.717) is 31.0 Å². The molecule has 2 N–H and O–H groups in total. The minimum Gasteiger partial charge on any atom is -0.374 e. The first kappa shape index (κ1) is 15.4. The lowest BCUT2D eigenvalue weighted by Crippen LogP contribution is -2.34. The van der Waals surface area contributed by atoms with E-state index in [9.17, 15) is 0 Å². The first-order valence-electron chi connectivity index (χ1n) is 6.37. The average Bonchev–Trinajstić information content (AvgIpc) is 2.36. The zero-order valence-corrected chi connectivity index (χ0v) is 12.6. The number of hydrogen-bond acceptors (Lipinski definition) is 7. The average molecular weight is 268 g/mol. The third-order valence-corrected chi connectivity index (χ3v) is 2.45. The van der Waals surface area contributed by atoms with Crippen LogP contribution in [0.4, 0.5) is 17.8 Å². The molecule has 7 heteroatoms. The van der Waals surface area contributed by atoms with Crippen molar-refractivity contribution in [1.29, 1.82) is 0 Å². The smallest absolute Gasteiger partial charge is 0.231 e. The number of ether oxygens (including phenoxy) is 1. The lowest BCUT2D eigenvalue weighted by atomic mass is 10.1. The van der Waals surface area contributed by atoms with Gasteiger partial charge in [0.2, 0.25) is 17.8 Å². The molecule has 7 nitrogen and oxygen atoms in total. The normalized spacial score (nSPS) is 11.3. The van der Waals surface area contributed by atoms with Crippen LogP contribution in [0.15, 0.2) is 0 Å². The van der Waals surface area contributed by atoms with Crippen molar-refractivity contribution in [2.75, 3.05) is 49.8 Å². The van der Waals surface area contributed by atoms with Gasteiger partial charge in [-0.2, -0.15) is 15.0 Å². The maximum absolute atomic E-state index is 5.63. The van der Waals surface area contributed by atoms with Gasteiger partial charge in [0.15, 0.2) is 0 Å². The van der Waals surface area contributed by atoms with Gasteiger partial charge < -0.3 is 20.3 Å². The Morgan fingerprint density at radius 2 is 1.79 bits per heavy atom. The van der Waals surface area contributed by atoms with Gasteiger partial charge in [0.05, 0.1) is 5.60 Å². The number of nitrogens with zero attached hydrogens (tertiary/aromatic N) is 4. The zero-order valence-electron chi connectivity index (χ0n) is 12.6. The Morgan fingerprint density at radius 3 is 2.32 bits per heavy atom. The quantitative estimate of drug-likeness (QED) is 0.769. The van der Waals surface area contributed by atoms with Crippen LogP contribution >= 0.6 is 0 Å². The zero-order chi connectivity index (χ0) is 14.5. The fourth-order valence-electron chi connectivity index (χ4n) is 1.49. The Morgan fingerprint density at radius 1 is 1.16 bits per heavy atom. The number of aromatic nitrogens is 3. The topological polar surface area (TPSA) is 75.2 Å². The summed E-state index contributed by atoms with van der Waals surface area (Å²) in [6.07, 6.45) is 0. The van der Waals surface area contributed by atoms with E-state index < -0.39 is 0 Å². The minimum absolute atomic E-state index is 0.264. The van der Waals surface area contributed by atoms with Crippen LogP contribution in [0.1, 0.15) is 20.8 Å². The maximum atomic E-state index is 5.63. The molecule has 0 aromatic carbocycles. The molecule has 1 aromatic rings. The minimum atomic E-state index is -0.264. The van der Waals surface area contributed by atoms with Crippen LogP contribution in [-0.4, -0.2) is 54.8 Å². The van der Waals surface area contributed by atoms with Crippen LogP contribution in [0, 0.1) is 0 Å². The van der Waals surface area contributed by atoms with Gasteiger partial charge in [0.25, 0.3) is 0 Å². The summed E-state index contributed by atoms with van der Waals surface area (Å²) in [4.78, 5) is 14.7. The summed E-state index contributed by atoms with van der Waals surface area (Å²) in [7, 11) is 5.56. The molecule has 0 unspecified atom stereocenters. The van der Waals surface area contributed by atoms with Crippen LogP contribution in [-0.2, 0) is 4.74 Å². The molecule has 1 heterocycles. The Kier molecular flexibility index (Phi) is 5.29. The Bertz CT molecular complexity index is 407. The fraction of sp³-hybridized carbons (Fsp3) is 0.750. The maximum Gasteiger partial charge on any atom is 0.231 e. The molecule has 0 saturated heterocycles. The van der Waals surface area contributed by atoms with Gasteiger partial charge in [-0.25, -0.2) is 0 Å². The number of rotatable bonds is 7. The van der Waals surface area contributed by atoms with E-state index in [1.807, 2.05) is 39.8 Å². The lowest BCUT2D eigenvalue weighted by Gasteiger charge is -2.25. The molecule has 19 heavy (non-hydrogen) atoms. The SMILES string of the molecule is CCOC(C)(C)CNc1nc(NC)nc(N(C)C)n1. The van der Waals surface area contributed by atoms with E-state index in [1.165, 1.54) is 0 Å². The molecule has 0 aliphatic heterocycles. The number of anilines is 3. The van der Waals surface area contributed by atoms with E-state index >= 15 is 0 Å². The molecule has 0 fully saturated rings. The molecule has 0 aliphatic rings. The van der Waals surface area contributed by atoms with Crippen LogP contribution in [0.5, 0.6) is 0 Å². The van der Waals surface area contributed by atoms with Crippen molar-refractivity contribution in [1.82, 2.24) is 15.0 Å². The van der Waals surface area contributed by atoms with Crippen molar-refractivity contribution in [2.24, 2.45) is 0 Å². The molecular weight excluding hydrogens is 244 g/mol. The Labute approximate surface area is 114 Å². The summed E-state index contributed by atoms with van der Waals surface area (Å²) in [6.45, 7) is 7.33. The highest BCUT2D eigenvalue weighted by atomic mass is 16.5. The van der Waals surface area contributed by atoms with Crippen LogP contribution in [0.25, 0.3) is 0 Å². The highest BCUT2D eigenvalue weighted by molar-refractivity contribution is 5.42. The first-order chi connectivity index (χ1) is 8.88. The van der Waals surface area contributed by atoms with Crippen molar-refractivity contribution in [3.05, 3.63) is 0 Å². The molecule has 0 radical (unpaired) electrons.